The molecule has 0 spiro atoms. The Balaban J connectivity index is 1.89. The second-order valence-electron chi connectivity index (χ2n) is 4.65. The predicted molar refractivity (Wildman–Crippen MR) is 68.3 cm³/mol. The van der Waals surface area contributed by atoms with Crippen LogP contribution in [-0.2, 0) is 11.2 Å². The van der Waals surface area contributed by atoms with Crippen molar-refractivity contribution in [2.24, 2.45) is 0 Å². The second-order valence-corrected chi connectivity index (χ2v) is 4.65. The van der Waals surface area contributed by atoms with Gasteiger partial charge in [0.05, 0.1) is 6.61 Å². The molecule has 0 radical (unpaired) electrons. The van der Waals surface area contributed by atoms with Crippen molar-refractivity contribution in [3.63, 3.8) is 0 Å². The Morgan fingerprint density at radius 3 is 2.84 bits per heavy atom. The summed E-state index contributed by atoms with van der Waals surface area (Å²) in [5.41, 5.74) is 8.65. The number of hydrogen-bond acceptors (Lipinski definition) is 3. The summed E-state index contributed by atoms with van der Waals surface area (Å²) in [5.74, 6) is 0. The Hall–Kier alpha value is -1.43. The lowest BCUT2D eigenvalue weighted by molar-refractivity contribution is -0.173. The normalized spacial score (nSPS) is 15.4. The van der Waals surface area contributed by atoms with Crippen LogP contribution in [0.5, 0.6) is 0 Å². The van der Waals surface area contributed by atoms with Gasteiger partial charge in [-0.1, -0.05) is 0 Å². The molecule has 0 fully saturated rings. The zero-order valence-corrected chi connectivity index (χ0v) is 10.5. The van der Waals surface area contributed by atoms with Gasteiger partial charge in [-0.2, -0.15) is 13.2 Å². The standard InChI is InChI=1S/C13H17F3N2O/c14-13(15,16)9-19-7-6-18-5-1-2-10-8-11(17)3-4-12(10)18/h3-4,8H,1-2,5-7,9,17H2. The first-order valence-corrected chi connectivity index (χ1v) is 6.23. The molecular weight excluding hydrogens is 257 g/mol. The second kappa shape index (κ2) is 5.69. The molecule has 0 unspecified atom stereocenters. The molecule has 6 heteroatoms. The van der Waals surface area contributed by atoms with Crippen LogP contribution in [0.1, 0.15) is 12.0 Å². The van der Waals surface area contributed by atoms with Crippen molar-refractivity contribution < 1.29 is 17.9 Å². The van der Waals surface area contributed by atoms with Crippen molar-refractivity contribution in [1.29, 1.82) is 0 Å². The van der Waals surface area contributed by atoms with E-state index in [2.05, 4.69) is 9.64 Å². The minimum absolute atomic E-state index is 0.0727. The minimum atomic E-state index is -4.26. The van der Waals surface area contributed by atoms with Crippen LogP contribution in [0.15, 0.2) is 18.2 Å². The summed E-state index contributed by atoms with van der Waals surface area (Å²) in [7, 11) is 0. The number of halogens is 3. The highest BCUT2D eigenvalue weighted by Crippen LogP contribution is 2.28. The van der Waals surface area contributed by atoms with Crippen LogP contribution in [-0.4, -0.2) is 32.5 Å². The summed E-state index contributed by atoms with van der Waals surface area (Å²) in [6.45, 7) is 0.193. The van der Waals surface area contributed by atoms with Gasteiger partial charge in [0.25, 0.3) is 0 Å². The summed E-state index contributed by atoms with van der Waals surface area (Å²) in [6, 6.07) is 5.67. The molecule has 0 bridgehead atoms. The molecule has 2 rings (SSSR count). The highest BCUT2D eigenvalue weighted by molar-refractivity contribution is 5.61. The van der Waals surface area contributed by atoms with Gasteiger partial charge in [0.15, 0.2) is 0 Å². The molecule has 0 saturated heterocycles. The topological polar surface area (TPSA) is 38.5 Å². The first-order chi connectivity index (χ1) is 8.96. The number of alkyl halides is 3. The average Bonchev–Trinajstić information content (AvgIpc) is 2.33. The number of nitrogen functional groups attached to an aromatic ring is 1. The minimum Gasteiger partial charge on any atom is -0.399 e. The summed E-state index contributed by atoms with van der Waals surface area (Å²) in [6.07, 6.45) is -2.32. The number of benzene rings is 1. The Labute approximate surface area is 110 Å². The lowest BCUT2D eigenvalue weighted by atomic mass is 10.0. The molecule has 1 aliphatic rings. The van der Waals surface area contributed by atoms with Crippen LogP contribution in [0.2, 0.25) is 0 Å². The van der Waals surface area contributed by atoms with Crippen molar-refractivity contribution in [1.82, 2.24) is 0 Å². The third-order valence-corrected chi connectivity index (χ3v) is 3.09. The van der Waals surface area contributed by atoms with E-state index in [1.54, 1.807) is 0 Å². The fourth-order valence-corrected chi connectivity index (χ4v) is 2.29. The summed E-state index contributed by atoms with van der Waals surface area (Å²) >= 11 is 0. The van der Waals surface area contributed by atoms with Gasteiger partial charge in [0.2, 0.25) is 0 Å². The molecule has 2 N–H and O–H groups in total. The zero-order chi connectivity index (χ0) is 13.9. The highest BCUT2D eigenvalue weighted by Gasteiger charge is 2.27. The molecular formula is C13H17F3N2O. The number of nitrogens with two attached hydrogens (primary N) is 1. The Kier molecular flexibility index (Phi) is 4.19. The third kappa shape index (κ3) is 4.02. The van der Waals surface area contributed by atoms with Gasteiger partial charge in [-0.15, -0.1) is 0 Å². The largest absolute Gasteiger partial charge is 0.411 e. The molecule has 0 aromatic heterocycles. The van der Waals surface area contributed by atoms with Crippen molar-refractivity contribution in [3.05, 3.63) is 23.8 Å². The third-order valence-electron chi connectivity index (χ3n) is 3.09. The van der Waals surface area contributed by atoms with E-state index in [4.69, 9.17) is 5.73 Å². The number of nitrogens with zero attached hydrogens (tertiary/aromatic N) is 1. The SMILES string of the molecule is Nc1ccc2c(c1)CCCN2CCOCC(F)(F)F. The van der Waals surface area contributed by atoms with Crippen LogP contribution in [0, 0.1) is 0 Å². The van der Waals surface area contributed by atoms with Gasteiger partial charge in [0.1, 0.15) is 6.61 Å². The molecule has 1 aromatic rings. The van der Waals surface area contributed by atoms with Gasteiger partial charge < -0.3 is 15.4 Å². The van der Waals surface area contributed by atoms with E-state index in [0.717, 1.165) is 30.6 Å². The summed E-state index contributed by atoms with van der Waals surface area (Å²) in [5, 5.41) is 0. The average molecular weight is 274 g/mol. The van der Waals surface area contributed by atoms with Gasteiger partial charge >= 0.3 is 6.18 Å². The van der Waals surface area contributed by atoms with E-state index in [1.807, 2.05) is 18.2 Å². The molecule has 1 aromatic carbocycles. The maximum atomic E-state index is 12.0. The van der Waals surface area contributed by atoms with Crippen LogP contribution in [0.25, 0.3) is 0 Å². The van der Waals surface area contributed by atoms with E-state index in [0.29, 0.717) is 12.2 Å². The number of rotatable bonds is 4. The fourth-order valence-electron chi connectivity index (χ4n) is 2.29. The first-order valence-electron chi connectivity index (χ1n) is 6.23. The number of aryl methyl sites for hydroxylation is 1. The molecule has 0 atom stereocenters. The van der Waals surface area contributed by atoms with Crippen LogP contribution in [0.3, 0.4) is 0 Å². The monoisotopic (exact) mass is 274 g/mol. The predicted octanol–water partition coefficient (Wildman–Crippen LogP) is 2.60. The van der Waals surface area contributed by atoms with Gasteiger partial charge in [-0.3, -0.25) is 0 Å². The van der Waals surface area contributed by atoms with Gasteiger partial charge in [-0.05, 0) is 36.6 Å². The van der Waals surface area contributed by atoms with Crippen molar-refractivity contribution in [3.8, 4) is 0 Å². The molecule has 0 aliphatic carbocycles. The van der Waals surface area contributed by atoms with E-state index in [-0.39, 0.29) is 6.61 Å². The van der Waals surface area contributed by atoms with Crippen molar-refractivity contribution in [2.75, 3.05) is 36.9 Å². The fraction of sp³-hybridized carbons (Fsp3) is 0.538. The summed E-state index contributed by atoms with van der Waals surface area (Å²) < 4.78 is 40.5. The molecule has 106 valence electrons. The number of fused-ring (bicyclic) bond motifs is 1. The van der Waals surface area contributed by atoms with Gasteiger partial charge in [-0.25, -0.2) is 0 Å². The molecule has 0 amide bonds. The molecule has 1 heterocycles. The highest BCUT2D eigenvalue weighted by atomic mass is 19.4. The lowest BCUT2D eigenvalue weighted by Gasteiger charge is -2.31. The Bertz CT molecular complexity index is 434. The van der Waals surface area contributed by atoms with Crippen LogP contribution < -0.4 is 10.6 Å². The van der Waals surface area contributed by atoms with Crippen molar-refractivity contribution >= 4 is 11.4 Å². The quantitative estimate of drug-likeness (QED) is 0.677. The molecule has 3 nitrogen and oxygen atoms in total. The number of ether oxygens (including phenoxy) is 1. The van der Waals surface area contributed by atoms with E-state index in [1.165, 1.54) is 0 Å². The van der Waals surface area contributed by atoms with E-state index >= 15 is 0 Å². The number of anilines is 2. The Morgan fingerprint density at radius 1 is 1.32 bits per heavy atom. The summed E-state index contributed by atoms with van der Waals surface area (Å²) in [4.78, 5) is 2.05. The lowest BCUT2D eigenvalue weighted by Crippen LogP contribution is -2.33. The van der Waals surface area contributed by atoms with E-state index in [9.17, 15) is 13.2 Å². The smallest absolute Gasteiger partial charge is 0.399 e. The molecule has 19 heavy (non-hydrogen) atoms. The Morgan fingerprint density at radius 2 is 2.11 bits per heavy atom. The van der Waals surface area contributed by atoms with Crippen LogP contribution in [0.4, 0.5) is 24.5 Å². The van der Waals surface area contributed by atoms with Gasteiger partial charge in [0, 0.05) is 24.5 Å². The maximum Gasteiger partial charge on any atom is 0.411 e. The maximum absolute atomic E-state index is 12.0. The van der Waals surface area contributed by atoms with Crippen LogP contribution >= 0.6 is 0 Å². The molecule has 1 aliphatic heterocycles. The number of hydrogen-bond donors (Lipinski definition) is 1. The van der Waals surface area contributed by atoms with Crippen molar-refractivity contribution in [2.45, 2.75) is 19.0 Å². The molecule has 0 saturated carbocycles. The van der Waals surface area contributed by atoms with E-state index < -0.39 is 12.8 Å². The first kappa shape index (κ1) is 14.0. The zero-order valence-electron chi connectivity index (χ0n) is 10.5.